The normalized spacial score (nSPS) is 15.9. The molecule has 7 nitrogen and oxygen atoms in total. The lowest BCUT2D eigenvalue weighted by molar-refractivity contribution is 0.0632. The van der Waals surface area contributed by atoms with E-state index in [0.717, 1.165) is 55.9 Å². The molecule has 1 saturated heterocycles. The van der Waals surface area contributed by atoms with E-state index in [1.165, 1.54) is 0 Å². The molecule has 1 aromatic carbocycles. The highest BCUT2D eigenvalue weighted by Crippen LogP contribution is 2.14. The van der Waals surface area contributed by atoms with Crippen LogP contribution in [0.25, 0.3) is 11.0 Å². The number of benzene rings is 1. The first kappa shape index (κ1) is 14.9. The molecule has 24 heavy (non-hydrogen) atoms. The molecule has 0 spiro atoms. The lowest BCUT2D eigenvalue weighted by atomic mass is 10.1. The molecule has 1 aliphatic heterocycles. The maximum absolute atomic E-state index is 12.7. The van der Waals surface area contributed by atoms with Gasteiger partial charge in [-0.1, -0.05) is 0 Å². The van der Waals surface area contributed by atoms with Crippen LogP contribution in [0, 0.1) is 0 Å². The van der Waals surface area contributed by atoms with Crippen molar-refractivity contribution in [3.8, 4) is 0 Å². The molecular weight excluding hydrogens is 304 g/mol. The third-order valence-corrected chi connectivity index (χ3v) is 4.53. The number of aromatic amines is 1. The molecule has 3 heterocycles. The van der Waals surface area contributed by atoms with Crippen LogP contribution in [0.1, 0.15) is 10.4 Å². The van der Waals surface area contributed by atoms with Crippen LogP contribution in [0.5, 0.6) is 0 Å². The van der Waals surface area contributed by atoms with Gasteiger partial charge in [-0.15, -0.1) is 0 Å². The Kier molecular flexibility index (Phi) is 4.00. The van der Waals surface area contributed by atoms with Crippen molar-refractivity contribution in [1.82, 2.24) is 29.5 Å². The monoisotopic (exact) mass is 324 g/mol. The van der Waals surface area contributed by atoms with E-state index < -0.39 is 0 Å². The first-order valence-corrected chi connectivity index (χ1v) is 8.22. The fourth-order valence-corrected chi connectivity index (χ4v) is 3.10. The predicted molar refractivity (Wildman–Crippen MR) is 90.7 cm³/mol. The molecule has 1 amide bonds. The number of nitrogens with zero attached hydrogens (tertiary/aromatic N) is 5. The van der Waals surface area contributed by atoms with E-state index in [-0.39, 0.29) is 5.91 Å². The number of rotatable bonds is 4. The minimum Gasteiger partial charge on any atom is -0.345 e. The average molecular weight is 324 g/mol. The first-order chi connectivity index (χ1) is 11.8. The van der Waals surface area contributed by atoms with Gasteiger partial charge in [0.05, 0.1) is 23.9 Å². The third kappa shape index (κ3) is 3.03. The molecule has 0 saturated carbocycles. The lowest BCUT2D eigenvalue weighted by Crippen LogP contribution is -2.49. The zero-order chi connectivity index (χ0) is 16.4. The quantitative estimate of drug-likeness (QED) is 0.783. The summed E-state index contributed by atoms with van der Waals surface area (Å²) in [6.45, 7) is 5.18. The second-order valence-electron chi connectivity index (χ2n) is 6.04. The number of hydrogen-bond donors (Lipinski definition) is 1. The zero-order valence-corrected chi connectivity index (χ0v) is 13.4. The van der Waals surface area contributed by atoms with Crippen LogP contribution in [-0.2, 0) is 6.54 Å². The van der Waals surface area contributed by atoms with Gasteiger partial charge in [0.2, 0.25) is 0 Å². The van der Waals surface area contributed by atoms with Gasteiger partial charge in [0, 0.05) is 50.7 Å². The molecule has 2 aromatic heterocycles. The van der Waals surface area contributed by atoms with Crippen LogP contribution in [0.3, 0.4) is 0 Å². The summed E-state index contributed by atoms with van der Waals surface area (Å²) in [7, 11) is 0. The van der Waals surface area contributed by atoms with Crippen LogP contribution < -0.4 is 0 Å². The van der Waals surface area contributed by atoms with E-state index in [9.17, 15) is 4.79 Å². The number of piperazine rings is 1. The van der Waals surface area contributed by atoms with E-state index in [2.05, 4.69) is 20.0 Å². The number of carbonyl (C=O) groups excluding carboxylic acids is 1. The molecule has 1 fully saturated rings. The number of fused-ring (bicyclic) bond motifs is 1. The molecule has 0 atom stereocenters. The SMILES string of the molecule is O=C(c1ccc2nc[nH]c2c1)N1CCN(CCn2cccn2)CC1. The van der Waals surface area contributed by atoms with Gasteiger partial charge in [-0.25, -0.2) is 4.98 Å². The van der Waals surface area contributed by atoms with Crippen molar-refractivity contribution in [1.29, 1.82) is 0 Å². The second-order valence-corrected chi connectivity index (χ2v) is 6.04. The Morgan fingerprint density at radius 3 is 2.83 bits per heavy atom. The number of carbonyl (C=O) groups is 1. The maximum Gasteiger partial charge on any atom is 0.254 e. The van der Waals surface area contributed by atoms with E-state index in [0.29, 0.717) is 0 Å². The summed E-state index contributed by atoms with van der Waals surface area (Å²) in [5, 5.41) is 4.22. The van der Waals surface area contributed by atoms with E-state index >= 15 is 0 Å². The van der Waals surface area contributed by atoms with Crippen molar-refractivity contribution in [3.63, 3.8) is 0 Å². The fourth-order valence-electron chi connectivity index (χ4n) is 3.10. The van der Waals surface area contributed by atoms with Crippen LogP contribution in [0.15, 0.2) is 43.0 Å². The number of hydrogen-bond acceptors (Lipinski definition) is 4. The van der Waals surface area contributed by atoms with E-state index in [1.807, 2.05) is 40.0 Å². The van der Waals surface area contributed by atoms with Gasteiger partial charge >= 0.3 is 0 Å². The minimum atomic E-state index is 0.0956. The van der Waals surface area contributed by atoms with Gasteiger partial charge in [0.25, 0.3) is 5.91 Å². The lowest BCUT2D eigenvalue weighted by Gasteiger charge is -2.34. The van der Waals surface area contributed by atoms with Crippen molar-refractivity contribution in [2.24, 2.45) is 0 Å². The van der Waals surface area contributed by atoms with Crippen LogP contribution in [0.4, 0.5) is 0 Å². The Hall–Kier alpha value is -2.67. The summed E-state index contributed by atoms with van der Waals surface area (Å²) in [5.41, 5.74) is 2.51. The number of amides is 1. The summed E-state index contributed by atoms with van der Waals surface area (Å²) in [6, 6.07) is 7.57. The Labute approximate surface area is 139 Å². The molecular formula is C17H20N6O. The molecule has 7 heteroatoms. The predicted octanol–water partition coefficient (Wildman–Crippen LogP) is 1.22. The van der Waals surface area contributed by atoms with Crippen LogP contribution in [-0.4, -0.2) is 68.2 Å². The van der Waals surface area contributed by atoms with E-state index in [1.54, 1.807) is 12.5 Å². The van der Waals surface area contributed by atoms with Gasteiger partial charge in [0.15, 0.2) is 0 Å². The molecule has 0 aliphatic carbocycles. The molecule has 124 valence electrons. The maximum atomic E-state index is 12.7. The van der Waals surface area contributed by atoms with Gasteiger partial charge in [-0.3, -0.25) is 14.4 Å². The first-order valence-electron chi connectivity index (χ1n) is 8.22. The highest BCUT2D eigenvalue weighted by atomic mass is 16.2. The summed E-state index contributed by atoms with van der Waals surface area (Å²) < 4.78 is 1.94. The number of imidazole rings is 1. The van der Waals surface area contributed by atoms with Crippen molar-refractivity contribution in [3.05, 3.63) is 48.5 Å². The largest absolute Gasteiger partial charge is 0.345 e. The van der Waals surface area contributed by atoms with Gasteiger partial charge in [-0.2, -0.15) is 5.10 Å². The zero-order valence-electron chi connectivity index (χ0n) is 13.4. The van der Waals surface area contributed by atoms with Crippen molar-refractivity contribution < 1.29 is 4.79 Å². The minimum absolute atomic E-state index is 0.0956. The van der Waals surface area contributed by atoms with Crippen molar-refractivity contribution >= 4 is 16.9 Å². The molecule has 3 aromatic rings. The summed E-state index contributed by atoms with van der Waals surface area (Å²) >= 11 is 0. The average Bonchev–Trinajstić information content (AvgIpc) is 3.30. The smallest absolute Gasteiger partial charge is 0.254 e. The number of H-pyrrole nitrogens is 1. The number of aromatic nitrogens is 4. The van der Waals surface area contributed by atoms with Crippen LogP contribution >= 0.6 is 0 Å². The highest BCUT2D eigenvalue weighted by Gasteiger charge is 2.22. The van der Waals surface area contributed by atoms with Gasteiger partial charge < -0.3 is 9.88 Å². The van der Waals surface area contributed by atoms with E-state index in [4.69, 9.17) is 0 Å². The fraction of sp³-hybridized carbons (Fsp3) is 0.353. The van der Waals surface area contributed by atoms with Gasteiger partial charge in [0.1, 0.15) is 0 Å². The molecule has 0 radical (unpaired) electrons. The molecule has 0 unspecified atom stereocenters. The summed E-state index contributed by atoms with van der Waals surface area (Å²) in [4.78, 5) is 24.2. The summed E-state index contributed by atoms with van der Waals surface area (Å²) in [6.07, 6.45) is 5.43. The highest BCUT2D eigenvalue weighted by molar-refractivity contribution is 5.97. The topological polar surface area (TPSA) is 70.1 Å². The van der Waals surface area contributed by atoms with Crippen LogP contribution in [0.2, 0.25) is 0 Å². The third-order valence-electron chi connectivity index (χ3n) is 4.53. The molecule has 1 N–H and O–H groups in total. The second kappa shape index (κ2) is 6.45. The Bertz CT molecular complexity index is 817. The standard InChI is InChI=1S/C17H20N6O/c24-17(14-2-3-15-16(12-14)19-13-18-15)22-9-6-21(7-10-22)8-11-23-5-1-4-20-23/h1-5,12-13H,6-11H2,(H,18,19). The Balaban J connectivity index is 1.33. The number of nitrogens with one attached hydrogen (secondary N) is 1. The summed E-state index contributed by atoms with van der Waals surface area (Å²) in [5.74, 6) is 0.0956. The van der Waals surface area contributed by atoms with Crippen molar-refractivity contribution in [2.45, 2.75) is 6.54 Å². The van der Waals surface area contributed by atoms with Crippen molar-refractivity contribution in [2.75, 3.05) is 32.7 Å². The van der Waals surface area contributed by atoms with Gasteiger partial charge in [-0.05, 0) is 24.3 Å². The molecule has 1 aliphatic rings. The Morgan fingerprint density at radius 2 is 2.04 bits per heavy atom. The molecule has 4 rings (SSSR count). The molecule has 0 bridgehead atoms. The Morgan fingerprint density at radius 1 is 1.17 bits per heavy atom.